The van der Waals surface area contributed by atoms with Crippen LogP contribution in [0.5, 0.6) is 5.75 Å². The van der Waals surface area contributed by atoms with Gasteiger partial charge in [0, 0.05) is 19.1 Å². The lowest BCUT2D eigenvalue weighted by Gasteiger charge is -2.37. The Kier molecular flexibility index (Phi) is 5.42. The van der Waals surface area contributed by atoms with E-state index in [1.807, 2.05) is 18.2 Å². The summed E-state index contributed by atoms with van der Waals surface area (Å²) in [5.41, 5.74) is 2.31. The van der Waals surface area contributed by atoms with Crippen LogP contribution in [0.1, 0.15) is 30.2 Å². The van der Waals surface area contributed by atoms with Crippen molar-refractivity contribution in [3.8, 4) is 5.75 Å². The Morgan fingerprint density at radius 3 is 2.44 bits per heavy atom. The maximum absolute atomic E-state index is 11.2. The van der Waals surface area contributed by atoms with Gasteiger partial charge in [0.25, 0.3) is 0 Å². The van der Waals surface area contributed by atoms with E-state index < -0.39 is 10.1 Å². The van der Waals surface area contributed by atoms with Gasteiger partial charge < -0.3 is 8.92 Å². The minimum absolute atomic E-state index is 0.0350. The molecule has 0 spiro atoms. The summed E-state index contributed by atoms with van der Waals surface area (Å²) in [5, 5.41) is 0. The van der Waals surface area contributed by atoms with Crippen LogP contribution in [0.2, 0.25) is 0 Å². The molecule has 1 heterocycles. The molecule has 1 fully saturated rings. The predicted molar refractivity (Wildman–Crippen MR) is 97.0 cm³/mol. The molecule has 0 aliphatic carbocycles. The molecule has 3 rings (SSSR count). The van der Waals surface area contributed by atoms with Gasteiger partial charge in [-0.25, -0.2) is 0 Å². The van der Waals surface area contributed by atoms with Crippen LogP contribution in [0, 0.1) is 0 Å². The van der Waals surface area contributed by atoms with Gasteiger partial charge in [0.15, 0.2) is 0 Å². The predicted octanol–water partition coefficient (Wildman–Crippen LogP) is 3.16. The molecule has 0 bridgehead atoms. The number of morpholine rings is 1. The van der Waals surface area contributed by atoms with Crippen LogP contribution in [0.25, 0.3) is 0 Å². The first kappa shape index (κ1) is 17.9. The van der Waals surface area contributed by atoms with Crippen molar-refractivity contribution in [2.75, 3.05) is 26.0 Å². The molecule has 0 aromatic heterocycles. The molecule has 134 valence electrons. The Morgan fingerprint density at radius 2 is 1.80 bits per heavy atom. The second kappa shape index (κ2) is 7.56. The van der Waals surface area contributed by atoms with Gasteiger partial charge in [0.1, 0.15) is 5.75 Å². The number of hydrogen-bond donors (Lipinski definition) is 0. The monoisotopic (exact) mass is 361 g/mol. The summed E-state index contributed by atoms with van der Waals surface area (Å²) in [4.78, 5) is 2.41. The fourth-order valence-electron chi connectivity index (χ4n) is 3.08. The van der Waals surface area contributed by atoms with Crippen molar-refractivity contribution in [3.63, 3.8) is 0 Å². The fourth-order valence-corrected chi connectivity index (χ4v) is 3.54. The first-order valence-corrected chi connectivity index (χ1v) is 10.1. The van der Waals surface area contributed by atoms with Gasteiger partial charge in [-0.15, -0.1) is 0 Å². The lowest BCUT2D eigenvalue weighted by atomic mass is 10.0. The fraction of sp³-hybridized carbons (Fsp3) is 0.368. The Labute approximate surface area is 149 Å². The largest absolute Gasteiger partial charge is 0.383 e. The summed E-state index contributed by atoms with van der Waals surface area (Å²) in [7, 11) is -3.51. The van der Waals surface area contributed by atoms with Crippen LogP contribution in [-0.4, -0.2) is 39.3 Å². The molecule has 2 aromatic rings. The summed E-state index contributed by atoms with van der Waals surface area (Å²) in [6.45, 7) is 4.56. The quantitative estimate of drug-likeness (QED) is 0.766. The topological polar surface area (TPSA) is 55.8 Å². The molecule has 0 saturated carbocycles. The molecule has 2 aromatic carbocycles. The molecule has 6 heteroatoms. The van der Waals surface area contributed by atoms with Crippen molar-refractivity contribution < 1.29 is 17.3 Å². The second-order valence-corrected chi connectivity index (χ2v) is 7.87. The van der Waals surface area contributed by atoms with Gasteiger partial charge in [-0.05, 0) is 30.2 Å². The molecule has 2 atom stereocenters. The Hall–Kier alpha value is -1.89. The molecule has 0 unspecified atom stereocenters. The average molecular weight is 361 g/mol. The highest BCUT2D eigenvalue weighted by molar-refractivity contribution is 7.86. The van der Waals surface area contributed by atoms with E-state index in [0.29, 0.717) is 18.4 Å². The van der Waals surface area contributed by atoms with Crippen molar-refractivity contribution in [3.05, 3.63) is 65.7 Å². The summed E-state index contributed by atoms with van der Waals surface area (Å²) >= 11 is 0. The van der Waals surface area contributed by atoms with Gasteiger partial charge >= 0.3 is 10.1 Å². The molecule has 1 aliphatic heterocycles. The normalized spacial score (nSPS) is 20.2. The van der Waals surface area contributed by atoms with Crippen LogP contribution < -0.4 is 4.18 Å². The first-order valence-electron chi connectivity index (χ1n) is 8.32. The second-order valence-electron chi connectivity index (χ2n) is 6.30. The molecule has 1 saturated heterocycles. The van der Waals surface area contributed by atoms with E-state index in [2.05, 4.69) is 36.1 Å². The summed E-state index contributed by atoms with van der Waals surface area (Å²) in [5.74, 6) is 0.316. The van der Waals surface area contributed by atoms with Crippen molar-refractivity contribution in [2.24, 2.45) is 0 Å². The van der Waals surface area contributed by atoms with Gasteiger partial charge in [0.2, 0.25) is 0 Å². The molecule has 0 radical (unpaired) electrons. The smallest absolute Gasteiger partial charge is 0.306 e. The number of nitrogens with zero attached hydrogens (tertiary/aromatic N) is 1. The summed E-state index contributed by atoms with van der Waals surface area (Å²) in [6.07, 6.45) is 1.00. The van der Waals surface area contributed by atoms with E-state index in [-0.39, 0.29) is 6.10 Å². The summed E-state index contributed by atoms with van der Waals surface area (Å²) < 4.78 is 33.2. The van der Waals surface area contributed by atoms with Gasteiger partial charge in [0.05, 0.1) is 19.0 Å². The van der Waals surface area contributed by atoms with E-state index in [9.17, 15) is 8.42 Å². The van der Waals surface area contributed by atoms with Crippen LogP contribution in [0.3, 0.4) is 0 Å². The maximum atomic E-state index is 11.2. The van der Waals surface area contributed by atoms with Crippen LogP contribution in [0.15, 0.2) is 54.6 Å². The van der Waals surface area contributed by atoms with E-state index in [4.69, 9.17) is 8.92 Å². The average Bonchev–Trinajstić information content (AvgIpc) is 2.61. The van der Waals surface area contributed by atoms with Crippen molar-refractivity contribution in [2.45, 2.75) is 19.1 Å². The zero-order valence-corrected chi connectivity index (χ0v) is 15.3. The molecule has 25 heavy (non-hydrogen) atoms. The molecular weight excluding hydrogens is 338 g/mol. The van der Waals surface area contributed by atoms with E-state index in [0.717, 1.165) is 24.9 Å². The Balaban J connectivity index is 1.69. The van der Waals surface area contributed by atoms with Crippen LogP contribution in [0.4, 0.5) is 0 Å². The third-order valence-electron chi connectivity index (χ3n) is 4.43. The summed E-state index contributed by atoms with van der Waals surface area (Å²) in [6, 6.07) is 17.8. The highest BCUT2D eigenvalue weighted by atomic mass is 32.2. The van der Waals surface area contributed by atoms with Gasteiger partial charge in [-0.1, -0.05) is 42.5 Å². The number of hydrogen-bond acceptors (Lipinski definition) is 5. The Bertz CT molecular complexity index is 790. The van der Waals surface area contributed by atoms with Crippen molar-refractivity contribution >= 4 is 10.1 Å². The van der Waals surface area contributed by atoms with E-state index >= 15 is 0 Å². The number of benzene rings is 2. The Morgan fingerprint density at radius 1 is 1.12 bits per heavy atom. The minimum Gasteiger partial charge on any atom is -0.383 e. The van der Waals surface area contributed by atoms with Crippen LogP contribution in [-0.2, 0) is 14.9 Å². The highest BCUT2D eigenvalue weighted by Crippen LogP contribution is 2.29. The maximum Gasteiger partial charge on any atom is 0.306 e. The molecule has 0 amide bonds. The third kappa shape index (κ3) is 4.81. The zero-order chi connectivity index (χ0) is 17.9. The van der Waals surface area contributed by atoms with Gasteiger partial charge in [-0.3, -0.25) is 4.90 Å². The zero-order valence-electron chi connectivity index (χ0n) is 14.5. The standard InChI is InChI=1S/C19H23NO4S/c1-15(16-6-4-3-5-7-16)20-12-13-23-19(14-20)17-8-10-18(11-9-17)24-25(2,21)22/h3-11,15,19H,12-14H2,1-2H3/t15-,19+/m1/s1. The number of ether oxygens (including phenoxy) is 1. The highest BCUT2D eigenvalue weighted by Gasteiger charge is 2.26. The third-order valence-corrected chi connectivity index (χ3v) is 4.92. The minimum atomic E-state index is -3.51. The molecule has 5 nitrogen and oxygen atoms in total. The van der Waals surface area contributed by atoms with E-state index in [1.54, 1.807) is 12.1 Å². The lowest BCUT2D eigenvalue weighted by molar-refractivity contribution is -0.0431. The van der Waals surface area contributed by atoms with Gasteiger partial charge in [-0.2, -0.15) is 8.42 Å². The van der Waals surface area contributed by atoms with Crippen LogP contribution >= 0.6 is 0 Å². The SMILES string of the molecule is C[C@H](c1ccccc1)N1CCO[C@H](c2ccc(OS(C)(=O)=O)cc2)C1. The van der Waals surface area contributed by atoms with Crippen molar-refractivity contribution in [1.29, 1.82) is 0 Å². The first-order chi connectivity index (χ1) is 11.9. The molecular formula is C19H23NO4S. The molecule has 0 N–H and O–H groups in total. The lowest BCUT2D eigenvalue weighted by Crippen LogP contribution is -2.39. The molecule has 1 aliphatic rings. The van der Waals surface area contributed by atoms with E-state index in [1.165, 1.54) is 5.56 Å². The number of rotatable bonds is 5. The van der Waals surface area contributed by atoms with Crippen molar-refractivity contribution in [1.82, 2.24) is 4.90 Å².